The van der Waals surface area contributed by atoms with E-state index in [1.807, 2.05) is 12.4 Å². The van der Waals surface area contributed by atoms with E-state index in [9.17, 15) is 0 Å². The molecule has 1 aromatic heterocycles. The van der Waals surface area contributed by atoms with Gasteiger partial charge in [0.1, 0.15) is 5.82 Å². The Morgan fingerprint density at radius 1 is 1.22 bits per heavy atom. The van der Waals surface area contributed by atoms with Gasteiger partial charge in [-0.3, -0.25) is 0 Å². The minimum atomic E-state index is 0.903. The first kappa shape index (κ1) is 12.8. The van der Waals surface area contributed by atoms with Crippen LogP contribution in [0.4, 0.5) is 0 Å². The third-order valence-electron chi connectivity index (χ3n) is 3.06. The number of nitrogens with zero attached hydrogens (tertiary/aromatic N) is 2. The van der Waals surface area contributed by atoms with E-state index in [1.54, 1.807) is 0 Å². The summed E-state index contributed by atoms with van der Waals surface area (Å²) in [6.45, 7) is 7.23. The van der Waals surface area contributed by atoms with Crippen LogP contribution in [0.25, 0.3) is 11.4 Å². The maximum atomic E-state index is 4.48. The van der Waals surface area contributed by atoms with Gasteiger partial charge in [0.15, 0.2) is 0 Å². The lowest BCUT2D eigenvalue weighted by Gasteiger charge is -2.11. The second kappa shape index (κ2) is 6.36. The van der Waals surface area contributed by atoms with E-state index in [2.05, 4.69) is 53.0 Å². The zero-order valence-electron chi connectivity index (χ0n) is 11.2. The number of hydrogen-bond donors (Lipinski definition) is 1. The molecule has 0 aliphatic rings. The van der Waals surface area contributed by atoms with Crippen molar-refractivity contribution in [3.05, 3.63) is 42.2 Å². The number of aryl methyl sites for hydroxylation is 1. The zero-order chi connectivity index (χ0) is 12.8. The van der Waals surface area contributed by atoms with Crippen LogP contribution in [0.1, 0.15) is 25.8 Å². The van der Waals surface area contributed by atoms with E-state index in [0.717, 1.165) is 31.9 Å². The highest BCUT2D eigenvalue weighted by Gasteiger charge is 2.08. The molecule has 2 aromatic rings. The molecule has 2 rings (SSSR count). The van der Waals surface area contributed by atoms with Crippen molar-refractivity contribution in [1.29, 1.82) is 0 Å². The summed E-state index contributed by atoms with van der Waals surface area (Å²) in [6, 6.07) is 8.49. The molecule has 0 radical (unpaired) electrons. The molecule has 0 bridgehead atoms. The summed E-state index contributed by atoms with van der Waals surface area (Å²) >= 11 is 0. The van der Waals surface area contributed by atoms with E-state index >= 15 is 0 Å². The van der Waals surface area contributed by atoms with Crippen molar-refractivity contribution in [2.24, 2.45) is 0 Å². The topological polar surface area (TPSA) is 29.9 Å². The van der Waals surface area contributed by atoms with Crippen molar-refractivity contribution in [3.63, 3.8) is 0 Å². The lowest BCUT2D eigenvalue weighted by molar-refractivity contribution is 0.675. The van der Waals surface area contributed by atoms with Gasteiger partial charge >= 0.3 is 0 Å². The second-order valence-electron chi connectivity index (χ2n) is 4.37. The maximum Gasteiger partial charge on any atom is 0.140 e. The fourth-order valence-electron chi connectivity index (χ4n) is 2.10. The van der Waals surface area contributed by atoms with Crippen LogP contribution in [0.2, 0.25) is 0 Å². The van der Waals surface area contributed by atoms with Crippen molar-refractivity contribution in [3.8, 4) is 11.4 Å². The third kappa shape index (κ3) is 2.79. The van der Waals surface area contributed by atoms with Crippen LogP contribution in [0.15, 0.2) is 36.7 Å². The van der Waals surface area contributed by atoms with Gasteiger partial charge in [-0.25, -0.2) is 4.98 Å². The summed E-state index contributed by atoms with van der Waals surface area (Å²) in [7, 11) is 0. The summed E-state index contributed by atoms with van der Waals surface area (Å²) in [5, 5.41) is 3.45. The van der Waals surface area contributed by atoms with Gasteiger partial charge < -0.3 is 9.88 Å². The number of nitrogens with one attached hydrogen (secondary N) is 1. The molecule has 0 fully saturated rings. The first-order chi connectivity index (χ1) is 8.86. The maximum absolute atomic E-state index is 4.48. The Balaban J connectivity index is 2.27. The number of hydrogen-bond acceptors (Lipinski definition) is 2. The van der Waals surface area contributed by atoms with E-state index < -0.39 is 0 Å². The molecule has 0 unspecified atom stereocenters. The average molecular weight is 243 g/mol. The van der Waals surface area contributed by atoms with E-state index in [4.69, 9.17) is 0 Å². The third-order valence-corrected chi connectivity index (χ3v) is 3.06. The Morgan fingerprint density at radius 3 is 2.83 bits per heavy atom. The van der Waals surface area contributed by atoms with Gasteiger partial charge in [-0.05, 0) is 25.5 Å². The first-order valence-electron chi connectivity index (χ1n) is 6.67. The van der Waals surface area contributed by atoms with Crippen molar-refractivity contribution in [2.75, 3.05) is 6.54 Å². The lowest BCUT2D eigenvalue weighted by atomic mass is 10.1. The molecule has 96 valence electrons. The quantitative estimate of drug-likeness (QED) is 0.790. The van der Waals surface area contributed by atoms with Crippen LogP contribution in [0, 0.1) is 0 Å². The highest BCUT2D eigenvalue weighted by Crippen LogP contribution is 2.22. The molecule has 0 aliphatic heterocycles. The Labute approximate surface area is 109 Å². The SMILES string of the molecule is CCCNCc1ccccc1-c1nccn1CC. The highest BCUT2D eigenvalue weighted by atomic mass is 15.1. The molecule has 3 heteroatoms. The predicted molar refractivity (Wildman–Crippen MR) is 75.3 cm³/mol. The molecular formula is C15H21N3. The molecule has 0 spiro atoms. The lowest BCUT2D eigenvalue weighted by Crippen LogP contribution is -2.14. The Bertz CT molecular complexity index is 488. The summed E-state index contributed by atoms with van der Waals surface area (Å²) in [6.07, 6.45) is 5.06. The monoisotopic (exact) mass is 243 g/mol. The number of aromatic nitrogens is 2. The van der Waals surface area contributed by atoms with Crippen LogP contribution in [-0.4, -0.2) is 16.1 Å². The van der Waals surface area contributed by atoms with Crippen LogP contribution in [-0.2, 0) is 13.1 Å². The predicted octanol–water partition coefficient (Wildman–Crippen LogP) is 3.07. The average Bonchev–Trinajstić information content (AvgIpc) is 2.88. The van der Waals surface area contributed by atoms with Gasteiger partial charge in [0.25, 0.3) is 0 Å². The molecule has 0 amide bonds. The normalized spacial score (nSPS) is 10.8. The van der Waals surface area contributed by atoms with Crippen LogP contribution < -0.4 is 5.32 Å². The van der Waals surface area contributed by atoms with Crippen molar-refractivity contribution in [1.82, 2.24) is 14.9 Å². The Morgan fingerprint density at radius 2 is 2.06 bits per heavy atom. The van der Waals surface area contributed by atoms with Crippen molar-refractivity contribution < 1.29 is 0 Å². The largest absolute Gasteiger partial charge is 0.331 e. The summed E-state index contributed by atoms with van der Waals surface area (Å²) in [5.74, 6) is 1.06. The number of imidazole rings is 1. The molecule has 1 N–H and O–H groups in total. The first-order valence-corrected chi connectivity index (χ1v) is 6.67. The van der Waals surface area contributed by atoms with E-state index in [-0.39, 0.29) is 0 Å². The molecule has 0 saturated heterocycles. The Kier molecular flexibility index (Phi) is 4.53. The molecule has 0 atom stereocenters. The van der Waals surface area contributed by atoms with E-state index in [1.165, 1.54) is 11.1 Å². The second-order valence-corrected chi connectivity index (χ2v) is 4.37. The fourth-order valence-corrected chi connectivity index (χ4v) is 2.10. The minimum absolute atomic E-state index is 0.903. The number of benzene rings is 1. The summed E-state index contributed by atoms with van der Waals surface area (Å²) < 4.78 is 2.18. The zero-order valence-corrected chi connectivity index (χ0v) is 11.2. The van der Waals surface area contributed by atoms with E-state index in [0.29, 0.717) is 0 Å². The minimum Gasteiger partial charge on any atom is -0.331 e. The van der Waals surface area contributed by atoms with Crippen LogP contribution in [0.5, 0.6) is 0 Å². The van der Waals surface area contributed by atoms with Crippen molar-refractivity contribution >= 4 is 0 Å². The highest BCUT2D eigenvalue weighted by molar-refractivity contribution is 5.60. The van der Waals surface area contributed by atoms with Gasteiger partial charge in [0.05, 0.1) is 0 Å². The smallest absolute Gasteiger partial charge is 0.140 e. The van der Waals surface area contributed by atoms with Gasteiger partial charge in [-0.15, -0.1) is 0 Å². The molecule has 0 aliphatic carbocycles. The van der Waals surface area contributed by atoms with Crippen LogP contribution >= 0.6 is 0 Å². The van der Waals surface area contributed by atoms with Crippen molar-refractivity contribution in [2.45, 2.75) is 33.4 Å². The number of rotatable bonds is 6. The molecule has 1 heterocycles. The van der Waals surface area contributed by atoms with Gasteiger partial charge in [-0.2, -0.15) is 0 Å². The Hall–Kier alpha value is -1.61. The van der Waals surface area contributed by atoms with Gasteiger partial charge in [0.2, 0.25) is 0 Å². The summed E-state index contributed by atoms with van der Waals surface area (Å²) in [4.78, 5) is 4.48. The van der Waals surface area contributed by atoms with Crippen LogP contribution in [0.3, 0.4) is 0 Å². The standard InChI is InChI=1S/C15H21N3/c1-3-9-16-12-13-7-5-6-8-14(13)15-17-10-11-18(15)4-2/h5-8,10-11,16H,3-4,9,12H2,1-2H3. The summed E-state index contributed by atoms with van der Waals surface area (Å²) in [5.41, 5.74) is 2.54. The molecule has 0 saturated carbocycles. The molecule has 3 nitrogen and oxygen atoms in total. The molecular weight excluding hydrogens is 222 g/mol. The van der Waals surface area contributed by atoms with Gasteiger partial charge in [0, 0.05) is 31.0 Å². The molecule has 18 heavy (non-hydrogen) atoms. The van der Waals surface area contributed by atoms with Gasteiger partial charge in [-0.1, -0.05) is 31.2 Å². The fraction of sp³-hybridized carbons (Fsp3) is 0.400. The molecule has 1 aromatic carbocycles.